The van der Waals surface area contributed by atoms with Gasteiger partial charge in [0.15, 0.2) is 5.82 Å². The van der Waals surface area contributed by atoms with Crippen molar-refractivity contribution in [2.75, 3.05) is 17.7 Å². The number of hydrogen-bond donors (Lipinski definition) is 3. The Balaban J connectivity index is 1.57. The third-order valence-corrected chi connectivity index (χ3v) is 5.37. The van der Waals surface area contributed by atoms with Gasteiger partial charge in [-0.1, -0.05) is 16.8 Å². The Morgan fingerprint density at radius 1 is 1.19 bits per heavy atom. The summed E-state index contributed by atoms with van der Waals surface area (Å²) < 4.78 is 10.5. The molecule has 3 N–H and O–H groups in total. The van der Waals surface area contributed by atoms with Crippen molar-refractivity contribution in [2.45, 2.75) is 38.9 Å². The highest BCUT2D eigenvalue weighted by molar-refractivity contribution is 8.01. The largest absolute Gasteiger partial charge is 0.493 e. The molecule has 0 aliphatic heterocycles. The fraction of sp³-hybridized carbons (Fsp3) is 0.400. The summed E-state index contributed by atoms with van der Waals surface area (Å²) in [6, 6.07) is 6.92. The lowest BCUT2D eigenvalue weighted by Gasteiger charge is -2.11. The number of amides is 3. The van der Waals surface area contributed by atoms with Gasteiger partial charge in [0.25, 0.3) is 0 Å². The number of anilines is 1. The van der Waals surface area contributed by atoms with E-state index < -0.39 is 11.2 Å². The number of aryl methyl sites for hydroxylation is 2. The molecule has 0 radical (unpaired) electrons. The first-order chi connectivity index (χ1) is 14.7. The predicted molar refractivity (Wildman–Crippen MR) is 119 cm³/mol. The molecule has 1 aromatic carbocycles. The zero-order valence-electron chi connectivity index (χ0n) is 17.5. The summed E-state index contributed by atoms with van der Waals surface area (Å²) in [5.41, 5.74) is 5.59. The highest BCUT2D eigenvalue weighted by atomic mass is 35.5. The maximum atomic E-state index is 12.1. The van der Waals surface area contributed by atoms with Crippen molar-refractivity contribution < 1.29 is 23.6 Å². The summed E-state index contributed by atoms with van der Waals surface area (Å²) >= 11 is 7.03. The average molecular weight is 469 g/mol. The minimum absolute atomic E-state index is 0.00562. The number of carbonyl (C=O) groups excluding carboxylic acids is 3. The predicted octanol–water partition coefficient (Wildman–Crippen LogP) is 3.01. The van der Waals surface area contributed by atoms with Gasteiger partial charge in [-0.2, -0.15) is 0 Å². The van der Waals surface area contributed by atoms with E-state index in [0.717, 1.165) is 17.3 Å². The smallest absolute Gasteiger partial charge is 0.248 e. The van der Waals surface area contributed by atoms with E-state index in [1.807, 2.05) is 6.92 Å². The van der Waals surface area contributed by atoms with Gasteiger partial charge in [-0.15, -0.1) is 11.8 Å². The van der Waals surface area contributed by atoms with Crippen LogP contribution in [0.4, 0.5) is 5.82 Å². The lowest BCUT2D eigenvalue weighted by atomic mass is 10.2. The lowest BCUT2D eigenvalue weighted by Crippen LogP contribution is -2.42. The number of thioether (sulfide) groups is 1. The van der Waals surface area contributed by atoms with Crippen molar-refractivity contribution in [3.8, 4) is 5.75 Å². The van der Waals surface area contributed by atoms with Gasteiger partial charge in [-0.05, 0) is 51.0 Å². The molecule has 0 spiro atoms. The number of benzene rings is 1. The van der Waals surface area contributed by atoms with Crippen molar-refractivity contribution in [3.63, 3.8) is 0 Å². The Morgan fingerprint density at radius 2 is 1.94 bits per heavy atom. The highest BCUT2D eigenvalue weighted by Crippen LogP contribution is 2.22. The third-order valence-electron chi connectivity index (χ3n) is 4.00. The van der Waals surface area contributed by atoms with Crippen molar-refractivity contribution >= 4 is 46.9 Å². The Labute approximate surface area is 189 Å². The molecule has 31 heavy (non-hydrogen) atoms. The molecule has 0 fully saturated rings. The molecule has 168 valence electrons. The van der Waals surface area contributed by atoms with Crippen molar-refractivity contribution in [3.05, 3.63) is 40.6 Å². The summed E-state index contributed by atoms with van der Waals surface area (Å²) in [7, 11) is 0. The Kier molecular flexibility index (Phi) is 9.67. The second kappa shape index (κ2) is 12.2. The van der Waals surface area contributed by atoms with Gasteiger partial charge in [-0.3, -0.25) is 25.2 Å². The summed E-state index contributed by atoms with van der Waals surface area (Å²) in [5.74, 6) is 0.577. The molecule has 1 aromatic heterocycles. The molecule has 9 nitrogen and oxygen atoms in total. The van der Waals surface area contributed by atoms with E-state index in [1.54, 1.807) is 38.1 Å². The second-order valence-corrected chi connectivity index (χ2v) is 8.49. The summed E-state index contributed by atoms with van der Waals surface area (Å²) in [4.78, 5) is 35.8. The van der Waals surface area contributed by atoms with Crippen LogP contribution in [0.1, 0.15) is 31.1 Å². The first-order valence-corrected chi connectivity index (χ1v) is 11.0. The Bertz CT molecular complexity index is 921. The van der Waals surface area contributed by atoms with Crippen molar-refractivity contribution in [1.29, 1.82) is 0 Å². The van der Waals surface area contributed by atoms with E-state index in [0.29, 0.717) is 35.4 Å². The molecule has 0 aliphatic rings. The van der Waals surface area contributed by atoms with E-state index in [4.69, 9.17) is 20.9 Å². The molecular weight excluding hydrogens is 444 g/mol. The number of halogens is 1. The van der Waals surface area contributed by atoms with Crippen LogP contribution in [-0.4, -0.2) is 40.5 Å². The molecule has 1 heterocycles. The van der Waals surface area contributed by atoms with Gasteiger partial charge < -0.3 is 14.6 Å². The maximum absolute atomic E-state index is 12.1. The molecule has 11 heteroatoms. The molecule has 2 rings (SSSR count). The van der Waals surface area contributed by atoms with Crippen LogP contribution in [0.15, 0.2) is 28.8 Å². The highest BCUT2D eigenvalue weighted by Gasteiger charge is 2.17. The van der Waals surface area contributed by atoms with Crippen LogP contribution in [0.2, 0.25) is 5.02 Å². The lowest BCUT2D eigenvalue weighted by molar-refractivity contribution is -0.127. The number of aromatic nitrogens is 1. The zero-order valence-corrected chi connectivity index (χ0v) is 19.1. The molecule has 3 amide bonds. The number of nitrogens with one attached hydrogen (secondary N) is 3. The number of hydrazine groups is 1. The Hall–Kier alpha value is -2.72. The van der Waals surface area contributed by atoms with Crippen LogP contribution in [0.3, 0.4) is 0 Å². The summed E-state index contributed by atoms with van der Waals surface area (Å²) in [5, 5.41) is 6.42. The molecule has 0 bridgehead atoms. The van der Waals surface area contributed by atoms with Gasteiger partial charge in [0.05, 0.1) is 17.6 Å². The van der Waals surface area contributed by atoms with Gasteiger partial charge in [-0.25, -0.2) is 0 Å². The van der Waals surface area contributed by atoms with Crippen LogP contribution in [0.5, 0.6) is 5.75 Å². The average Bonchev–Trinajstić information content (AvgIpc) is 3.13. The normalized spacial score (nSPS) is 11.5. The maximum Gasteiger partial charge on any atom is 0.248 e. The number of rotatable bonds is 10. The number of nitrogens with zero attached hydrogens (tertiary/aromatic N) is 1. The molecule has 1 unspecified atom stereocenters. The number of hydrogen-bond acceptors (Lipinski definition) is 7. The van der Waals surface area contributed by atoms with Crippen LogP contribution in [0.25, 0.3) is 0 Å². The molecule has 0 saturated heterocycles. The van der Waals surface area contributed by atoms with E-state index >= 15 is 0 Å². The Morgan fingerprint density at radius 3 is 2.61 bits per heavy atom. The van der Waals surface area contributed by atoms with Crippen LogP contribution in [0, 0.1) is 13.8 Å². The number of carbonyl (C=O) groups is 3. The van der Waals surface area contributed by atoms with Crippen LogP contribution >= 0.6 is 23.4 Å². The standard InChI is InChI=1S/C20H25ClN4O5S/c1-12-9-15(21)6-7-16(12)29-8-4-5-18(26)23-24-19(27)11-31-14(3)20(28)22-17-10-13(2)30-25-17/h6-7,9-10,14H,4-5,8,11H2,1-3H3,(H,23,26)(H,24,27)(H,22,25,28). The second-order valence-electron chi connectivity index (χ2n) is 6.72. The molecular formula is C20H25ClN4O5S. The van der Waals surface area contributed by atoms with E-state index in [1.165, 1.54) is 0 Å². The van der Waals surface area contributed by atoms with Crippen molar-refractivity contribution in [2.24, 2.45) is 0 Å². The van der Waals surface area contributed by atoms with Gasteiger partial charge in [0.2, 0.25) is 17.7 Å². The van der Waals surface area contributed by atoms with E-state index in [9.17, 15) is 14.4 Å². The summed E-state index contributed by atoms with van der Waals surface area (Å²) in [6.07, 6.45) is 0.674. The van der Waals surface area contributed by atoms with Gasteiger partial charge in [0.1, 0.15) is 11.5 Å². The fourth-order valence-corrected chi connectivity index (χ4v) is 3.27. The monoisotopic (exact) mass is 468 g/mol. The number of ether oxygens (including phenoxy) is 1. The first-order valence-electron chi connectivity index (χ1n) is 9.57. The molecule has 0 aliphatic carbocycles. The van der Waals surface area contributed by atoms with E-state index in [-0.39, 0.29) is 24.0 Å². The third kappa shape index (κ3) is 8.89. The summed E-state index contributed by atoms with van der Waals surface area (Å²) in [6.45, 7) is 5.63. The van der Waals surface area contributed by atoms with Crippen LogP contribution < -0.4 is 20.9 Å². The molecule has 0 saturated carbocycles. The molecule has 1 atom stereocenters. The quantitative estimate of drug-likeness (QED) is 0.361. The minimum atomic E-state index is -0.494. The first kappa shape index (κ1) is 24.5. The topological polar surface area (TPSA) is 123 Å². The molecule has 2 aromatic rings. The van der Waals surface area contributed by atoms with Gasteiger partial charge in [0, 0.05) is 17.5 Å². The van der Waals surface area contributed by atoms with Crippen molar-refractivity contribution in [1.82, 2.24) is 16.0 Å². The minimum Gasteiger partial charge on any atom is -0.493 e. The SMILES string of the molecule is Cc1cc(NC(=O)C(C)SCC(=O)NNC(=O)CCCOc2ccc(Cl)cc2C)no1. The van der Waals surface area contributed by atoms with Gasteiger partial charge >= 0.3 is 0 Å². The zero-order chi connectivity index (χ0) is 22.8. The fourth-order valence-electron chi connectivity index (χ4n) is 2.36. The van der Waals surface area contributed by atoms with Crippen LogP contribution in [-0.2, 0) is 14.4 Å². The van der Waals surface area contributed by atoms with E-state index in [2.05, 4.69) is 21.3 Å².